The molecule has 5 nitrogen and oxygen atoms in total. The molecule has 6 heteroatoms. The summed E-state index contributed by atoms with van der Waals surface area (Å²) in [6, 6.07) is 0.866. The number of hydrogen-bond acceptors (Lipinski definition) is 4. The van der Waals surface area contributed by atoms with Crippen LogP contribution in [0.25, 0.3) is 0 Å². The molecular formula is C15H21NO4S. The SMILES string of the molecule is O=C(N[C@@H](CCO)C(=O)O)c1cc2c(s1)CCCCCC2. The molecule has 1 amide bonds. The highest BCUT2D eigenvalue weighted by atomic mass is 32.1. The maximum atomic E-state index is 12.2. The molecule has 0 saturated carbocycles. The van der Waals surface area contributed by atoms with E-state index in [4.69, 9.17) is 10.2 Å². The Morgan fingerprint density at radius 2 is 1.95 bits per heavy atom. The zero-order chi connectivity index (χ0) is 15.2. The van der Waals surface area contributed by atoms with Gasteiger partial charge >= 0.3 is 5.97 Å². The average Bonchev–Trinajstić information content (AvgIpc) is 2.80. The lowest BCUT2D eigenvalue weighted by Gasteiger charge is -2.12. The average molecular weight is 311 g/mol. The number of carboxylic acids is 1. The molecule has 3 N–H and O–H groups in total. The van der Waals surface area contributed by atoms with Crippen LogP contribution >= 0.6 is 11.3 Å². The van der Waals surface area contributed by atoms with Crippen LogP contribution in [0.1, 0.15) is 52.2 Å². The molecule has 1 atom stereocenters. The minimum Gasteiger partial charge on any atom is -0.480 e. The molecule has 0 aliphatic heterocycles. The van der Waals surface area contributed by atoms with Crippen molar-refractivity contribution in [2.45, 2.75) is 51.0 Å². The van der Waals surface area contributed by atoms with Crippen LogP contribution in [-0.2, 0) is 17.6 Å². The highest BCUT2D eigenvalue weighted by Crippen LogP contribution is 2.28. The van der Waals surface area contributed by atoms with E-state index in [2.05, 4.69) is 5.32 Å². The van der Waals surface area contributed by atoms with Crippen molar-refractivity contribution < 1.29 is 19.8 Å². The topological polar surface area (TPSA) is 86.6 Å². The van der Waals surface area contributed by atoms with Gasteiger partial charge in [-0.05, 0) is 37.3 Å². The largest absolute Gasteiger partial charge is 0.480 e. The van der Waals surface area contributed by atoms with Gasteiger partial charge in [-0.15, -0.1) is 11.3 Å². The molecule has 1 aromatic heterocycles. The molecule has 0 spiro atoms. The van der Waals surface area contributed by atoms with Crippen LogP contribution in [0.2, 0.25) is 0 Å². The molecule has 0 fully saturated rings. The fourth-order valence-electron chi connectivity index (χ4n) is 2.57. The van der Waals surface area contributed by atoms with Gasteiger partial charge in [0.25, 0.3) is 5.91 Å². The van der Waals surface area contributed by atoms with Crippen molar-refractivity contribution in [1.29, 1.82) is 0 Å². The van der Waals surface area contributed by atoms with Gasteiger partial charge in [-0.3, -0.25) is 4.79 Å². The Kier molecular flexibility index (Phi) is 5.76. The molecular weight excluding hydrogens is 290 g/mol. The zero-order valence-electron chi connectivity index (χ0n) is 11.9. The molecule has 1 aromatic rings. The molecule has 2 rings (SSSR count). The van der Waals surface area contributed by atoms with Gasteiger partial charge in [-0.2, -0.15) is 0 Å². The Hall–Kier alpha value is -1.40. The van der Waals surface area contributed by atoms with Gasteiger partial charge in [0, 0.05) is 17.9 Å². The fourth-order valence-corrected chi connectivity index (χ4v) is 3.73. The lowest BCUT2D eigenvalue weighted by molar-refractivity contribution is -0.139. The lowest BCUT2D eigenvalue weighted by atomic mass is 10.00. The zero-order valence-corrected chi connectivity index (χ0v) is 12.7. The third-order valence-electron chi connectivity index (χ3n) is 3.74. The normalized spacial score (nSPS) is 16.4. The molecule has 0 unspecified atom stereocenters. The van der Waals surface area contributed by atoms with E-state index in [-0.39, 0.29) is 18.9 Å². The van der Waals surface area contributed by atoms with E-state index in [0.29, 0.717) is 4.88 Å². The number of aliphatic hydroxyl groups excluding tert-OH is 1. The molecule has 0 aromatic carbocycles. The third kappa shape index (κ3) is 4.28. The van der Waals surface area contributed by atoms with E-state index in [1.807, 2.05) is 6.07 Å². The van der Waals surface area contributed by atoms with Crippen LogP contribution in [0.4, 0.5) is 0 Å². The van der Waals surface area contributed by atoms with Crippen LogP contribution in [0.5, 0.6) is 0 Å². The number of rotatable bonds is 5. The maximum absolute atomic E-state index is 12.2. The maximum Gasteiger partial charge on any atom is 0.326 e. The monoisotopic (exact) mass is 311 g/mol. The summed E-state index contributed by atoms with van der Waals surface area (Å²) in [6.07, 6.45) is 6.78. The summed E-state index contributed by atoms with van der Waals surface area (Å²) in [7, 11) is 0. The molecule has 21 heavy (non-hydrogen) atoms. The quantitative estimate of drug-likeness (QED) is 0.776. The van der Waals surface area contributed by atoms with Crippen molar-refractivity contribution in [2.24, 2.45) is 0 Å². The third-order valence-corrected chi connectivity index (χ3v) is 4.98. The summed E-state index contributed by atoms with van der Waals surface area (Å²) in [5.74, 6) is -1.47. The number of thiophene rings is 1. The molecule has 1 aliphatic carbocycles. The van der Waals surface area contributed by atoms with Crippen molar-refractivity contribution in [1.82, 2.24) is 5.32 Å². The van der Waals surface area contributed by atoms with E-state index < -0.39 is 12.0 Å². The summed E-state index contributed by atoms with van der Waals surface area (Å²) < 4.78 is 0. The van der Waals surface area contributed by atoms with Gasteiger partial charge in [0.1, 0.15) is 6.04 Å². The summed E-state index contributed by atoms with van der Waals surface area (Å²) in [5, 5.41) is 20.4. The highest BCUT2D eigenvalue weighted by Gasteiger charge is 2.22. The second-order valence-corrected chi connectivity index (χ2v) is 6.49. The minimum atomic E-state index is -1.12. The van der Waals surface area contributed by atoms with Crippen molar-refractivity contribution in [3.05, 3.63) is 21.4 Å². The Balaban J connectivity index is 2.08. The van der Waals surface area contributed by atoms with Gasteiger partial charge < -0.3 is 15.5 Å². The highest BCUT2D eigenvalue weighted by molar-refractivity contribution is 7.14. The fraction of sp³-hybridized carbons (Fsp3) is 0.600. The number of aliphatic hydroxyl groups is 1. The van der Waals surface area contributed by atoms with Crippen LogP contribution in [0.15, 0.2) is 6.07 Å². The van der Waals surface area contributed by atoms with Crippen molar-refractivity contribution in [3.63, 3.8) is 0 Å². The smallest absolute Gasteiger partial charge is 0.326 e. The predicted molar refractivity (Wildman–Crippen MR) is 80.8 cm³/mol. The van der Waals surface area contributed by atoms with E-state index in [9.17, 15) is 9.59 Å². The van der Waals surface area contributed by atoms with Crippen molar-refractivity contribution in [2.75, 3.05) is 6.61 Å². The predicted octanol–water partition coefficient (Wildman–Crippen LogP) is 1.97. The standard InChI is InChI=1S/C15H21NO4S/c17-8-7-11(15(19)20)16-14(18)13-9-10-5-3-1-2-4-6-12(10)21-13/h9,11,17H,1-8H2,(H,16,18)(H,19,20)/t11-/m0/s1. The first kappa shape index (κ1) is 16.0. The number of aryl methyl sites for hydroxylation is 2. The summed E-state index contributed by atoms with van der Waals surface area (Å²) in [5.41, 5.74) is 1.24. The summed E-state index contributed by atoms with van der Waals surface area (Å²) in [6.45, 7) is -0.266. The first-order valence-electron chi connectivity index (χ1n) is 7.38. The number of carbonyl (C=O) groups excluding carboxylic acids is 1. The van der Waals surface area contributed by atoms with E-state index in [1.165, 1.54) is 34.6 Å². The second-order valence-electron chi connectivity index (χ2n) is 5.35. The number of aliphatic carboxylic acids is 1. The second kappa shape index (κ2) is 7.56. The number of carboxylic acid groups (broad SMARTS) is 1. The molecule has 116 valence electrons. The number of fused-ring (bicyclic) bond motifs is 1. The molecule has 0 radical (unpaired) electrons. The first-order chi connectivity index (χ1) is 10.1. The lowest BCUT2D eigenvalue weighted by Crippen LogP contribution is -2.41. The molecule has 0 bridgehead atoms. The van der Waals surface area contributed by atoms with Gasteiger partial charge in [-0.25, -0.2) is 4.79 Å². The van der Waals surface area contributed by atoms with E-state index in [0.717, 1.165) is 25.7 Å². The number of hydrogen-bond donors (Lipinski definition) is 3. The molecule has 1 aliphatic rings. The van der Waals surface area contributed by atoms with Crippen molar-refractivity contribution >= 4 is 23.2 Å². The number of amides is 1. The Bertz CT molecular complexity index is 486. The summed E-state index contributed by atoms with van der Waals surface area (Å²) in [4.78, 5) is 25.0. The Morgan fingerprint density at radius 3 is 2.62 bits per heavy atom. The van der Waals surface area contributed by atoms with Gasteiger partial charge in [0.05, 0.1) is 4.88 Å². The van der Waals surface area contributed by atoms with Gasteiger partial charge in [0.2, 0.25) is 0 Å². The van der Waals surface area contributed by atoms with E-state index in [1.54, 1.807) is 0 Å². The van der Waals surface area contributed by atoms with E-state index >= 15 is 0 Å². The minimum absolute atomic E-state index is 0.0200. The van der Waals surface area contributed by atoms with Crippen LogP contribution in [0, 0.1) is 0 Å². The number of carbonyl (C=O) groups is 2. The number of nitrogens with one attached hydrogen (secondary N) is 1. The van der Waals surface area contributed by atoms with Gasteiger partial charge in [-0.1, -0.05) is 12.8 Å². The van der Waals surface area contributed by atoms with Crippen LogP contribution in [0.3, 0.4) is 0 Å². The Labute approximate surface area is 128 Å². The van der Waals surface area contributed by atoms with Crippen LogP contribution in [-0.4, -0.2) is 34.7 Å². The first-order valence-corrected chi connectivity index (χ1v) is 8.19. The van der Waals surface area contributed by atoms with Crippen molar-refractivity contribution in [3.8, 4) is 0 Å². The summed E-state index contributed by atoms with van der Waals surface area (Å²) >= 11 is 1.47. The Morgan fingerprint density at radius 1 is 1.24 bits per heavy atom. The molecule has 1 heterocycles. The molecule has 0 saturated heterocycles. The van der Waals surface area contributed by atoms with Gasteiger partial charge in [0.15, 0.2) is 0 Å². The van der Waals surface area contributed by atoms with Crippen LogP contribution < -0.4 is 5.32 Å².